The fourth-order valence-electron chi connectivity index (χ4n) is 3.29. The topological polar surface area (TPSA) is 71.4 Å². The highest BCUT2D eigenvalue weighted by atomic mass is 16.5. The number of hydrogen-bond donors (Lipinski definition) is 1. The lowest BCUT2D eigenvalue weighted by atomic mass is 10.0. The minimum atomic E-state index is 0.0639. The van der Waals surface area contributed by atoms with Crippen molar-refractivity contribution in [2.75, 3.05) is 13.7 Å². The number of aryl methyl sites for hydroxylation is 1. The van der Waals surface area contributed by atoms with Crippen LogP contribution in [-0.4, -0.2) is 34.6 Å². The molecule has 0 saturated heterocycles. The standard InChI is InChI=1S/C18H19N3O3/c1-11-7-13(24-20-11)9-18(22)21-6-5-17-15(10-21)14-8-12(23-2)3-4-16(14)19-17/h3-4,7-8,19H,5-6,9-10H2,1-2H3. The molecule has 0 saturated carbocycles. The van der Waals surface area contributed by atoms with Crippen molar-refractivity contribution < 1.29 is 14.1 Å². The quantitative estimate of drug-likeness (QED) is 0.803. The largest absolute Gasteiger partial charge is 0.497 e. The molecule has 0 bridgehead atoms. The van der Waals surface area contributed by atoms with Gasteiger partial charge in [0, 0.05) is 47.7 Å². The van der Waals surface area contributed by atoms with Gasteiger partial charge in [0.2, 0.25) is 5.91 Å². The van der Waals surface area contributed by atoms with Gasteiger partial charge in [-0.1, -0.05) is 5.16 Å². The Kier molecular flexibility index (Phi) is 3.52. The SMILES string of the molecule is COc1ccc2[nH]c3c(c2c1)CN(C(=O)Cc1cc(C)no1)CC3. The molecule has 1 aliphatic rings. The number of carbonyl (C=O) groups is 1. The number of benzene rings is 1. The van der Waals surface area contributed by atoms with E-state index in [1.165, 1.54) is 11.3 Å². The van der Waals surface area contributed by atoms with E-state index in [4.69, 9.17) is 9.26 Å². The van der Waals surface area contributed by atoms with Gasteiger partial charge in [0.25, 0.3) is 0 Å². The first kappa shape index (κ1) is 14.8. The van der Waals surface area contributed by atoms with Gasteiger partial charge in [-0.05, 0) is 25.1 Å². The number of carbonyl (C=O) groups excluding carboxylic acids is 1. The van der Waals surface area contributed by atoms with E-state index in [0.717, 1.165) is 28.8 Å². The average molecular weight is 325 g/mol. The number of amides is 1. The summed E-state index contributed by atoms with van der Waals surface area (Å²) in [6.45, 7) is 3.17. The minimum Gasteiger partial charge on any atom is -0.497 e. The van der Waals surface area contributed by atoms with E-state index >= 15 is 0 Å². The lowest BCUT2D eigenvalue weighted by molar-refractivity contribution is -0.131. The summed E-state index contributed by atoms with van der Waals surface area (Å²) in [5, 5.41) is 4.96. The average Bonchev–Trinajstić information content (AvgIpc) is 3.16. The van der Waals surface area contributed by atoms with Gasteiger partial charge in [-0.15, -0.1) is 0 Å². The van der Waals surface area contributed by atoms with Gasteiger partial charge in [0.05, 0.1) is 19.2 Å². The van der Waals surface area contributed by atoms with Gasteiger partial charge in [-0.3, -0.25) is 4.79 Å². The second-order valence-corrected chi connectivity index (χ2v) is 6.17. The molecule has 3 heterocycles. The molecule has 0 aliphatic carbocycles. The number of nitrogens with one attached hydrogen (secondary N) is 1. The van der Waals surface area contributed by atoms with Crippen molar-refractivity contribution in [3.8, 4) is 5.75 Å². The van der Waals surface area contributed by atoms with Crippen LogP contribution in [-0.2, 0) is 24.2 Å². The summed E-state index contributed by atoms with van der Waals surface area (Å²) in [4.78, 5) is 17.9. The van der Waals surface area contributed by atoms with Crippen LogP contribution in [0.4, 0.5) is 0 Å². The molecule has 0 atom stereocenters. The van der Waals surface area contributed by atoms with Crippen molar-refractivity contribution in [3.05, 3.63) is 47.0 Å². The Morgan fingerprint density at radius 1 is 1.42 bits per heavy atom. The predicted octanol–water partition coefficient (Wildman–Crippen LogP) is 2.60. The number of H-pyrrole nitrogens is 1. The van der Waals surface area contributed by atoms with Crippen molar-refractivity contribution in [1.29, 1.82) is 0 Å². The Morgan fingerprint density at radius 3 is 3.04 bits per heavy atom. The number of aromatic nitrogens is 2. The van der Waals surface area contributed by atoms with E-state index < -0.39 is 0 Å². The van der Waals surface area contributed by atoms with E-state index in [1.54, 1.807) is 7.11 Å². The predicted molar refractivity (Wildman–Crippen MR) is 88.9 cm³/mol. The normalized spacial score (nSPS) is 14.0. The number of fused-ring (bicyclic) bond motifs is 3. The maximum Gasteiger partial charge on any atom is 0.230 e. The summed E-state index contributed by atoms with van der Waals surface area (Å²) in [6.07, 6.45) is 1.08. The van der Waals surface area contributed by atoms with Gasteiger partial charge in [0.15, 0.2) is 0 Å². The van der Waals surface area contributed by atoms with E-state index in [-0.39, 0.29) is 12.3 Å². The molecule has 6 nitrogen and oxygen atoms in total. The van der Waals surface area contributed by atoms with E-state index in [1.807, 2.05) is 36.1 Å². The molecule has 24 heavy (non-hydrogen) atoms. The second kappa shape index (κ2) is 5.70. The molecule has 124 valence electrons. The van der Waals surface area contributed by atoms with Crippen molar-refractivity contribution in [2.45, 2.75) is 26.3 Å². The number of ether oxygens (including phenoxy) is 1. The molecule has 4 rings (SSSR count). The Morgan fingerprint density at radius 2 is 2.29 bits per heavy atom. The molecular formula is C18H19N3O3. The van der Waals surface area contributed by atoms with Crippen LogP contribution in [0.3, 0.4) is 0 Å². The van der Waals surface area contributed by atoms with Crippen molar-refractivity contribution in [2.24, 2.45) is 0 Å². The molecule has 0 fully saturated rings. The summed E-state index contributed by atoms with van der Waals surface area (Å²) in [5.41, 5.74) is 4.26. The molecule has 1 aliphatic heterocycles. The maximum atomic E-state index is 12.6. The third-order valence-corrected chi connectivity index (χ3v) is 4.54. The summed E-state index contributed by atoms with van der Waals surface area (Å²) in [7, 11) is 1.66. The summed E-state index contributed by atoms with van der Waals surface area (Å²) in [6, 6.07) is 7.80. The highest BCUT2D eigenvalue weighted by Crippen LogP contribution is 2.30. The van der Waals surface area contributed by atoms with Gasteiger partial charge >= 0.3 is 0 Å². The van der Waals surface area contributed by atoms with Crippen LogP contribution in [0.1, 0.15) is 22.7 Å². The van der Waals surface area contributed by atoms with Crippen LogP contribution in [0.2, 0.25) is 0 Å². The van der Waals surface area contributed by atoms with Crippen LogP contribution in [0.15, 0.2) is 28.8 Å². The van der Waals surface area contributed by atoms with Crippen molar-refractivity contribution in [3.63, 3.8) is 0 Å². The van der Waals surface area contributed by atoms with Crippen LogP contribution in [0.5, 0.6) is 5.75 Å². The Bertz CT molecular complexity index is 910. The molecule has 1 aromatic carbocycles. The Hall–Kier alpha value is -2.76. The number of methoxy groups -OCH3 is 1. The fourth-order valence-corrected chi connectivity index (χ4v) is 3.29. The lowest BCUT2D eigenvalue weighted by Crippen LogP contribution is -2.36. The van der Waals surface area contributed by atoms with Crippen LogP contribution in [0.25, 0.3) is 10.9 Å². The van der Waals surface area contributed by atoms with Crippen LogP contribution < -0.4 is 4.74 Å². The zero-order chi connectivity index (χ0) is 16.7. The van der Waals surface area contributed by atoms with E-state index in [2.05, 4.69) is 10.1 Å². The number of hydrogen-bond acceptors (Lipinski definition) is 4. The van der Waals surface area contributed by atoms with Crippen LogP contribution >= 0.6 is 0 Å². The Balaban J connectivity index is 1.59. The smallest absolute Gasteiger partial charge is 0.230 e. The molecule has 0 spiro atoms. The van der Waals surface area contributed by atoms with Crippen molar-refractivity contribution in [1.82, 2.24) is 15.0 Å². The molecule has 6 heteroatoms. The van der Waals surface area contributed by atoms with Gasteiger partial charge in [-0.25, -0.2) is 0 Å². The molecule has 1 amide bonds. The highest BCUT2D eigenvalue weighted by molar-refractivity contribution is 5.87. The first-order valence-corrected chi connectivity index (χ1v) is 8.01. The monoisotopic (exact) mass is 325 g/mol. The van der Waals surface area contributed by atoms with Crippen LogP contribution in [0, 0.1) is 6.92 Å². The number of rotatable bonds is 3. The zero-order valence-corrected chi connectivity index (χ0v) is 13.8. The van der Waals surface area contributed by atoms with E-state index in [9.17, 15) is 4.79 Å². The zero-order valence-electron chi connectivity index (χ0n) is 13.8. The Labute approximate surface area is 139 Å². The third kappa shape index (κ3) is 2.54. The van der Waals surface area contributed by atoms with Crippen molar-refractivity contribution >= 4 is 16.8 Å². The van der Waals surface area contributed by atoms with Gasteiger partial charge < -0.3 is 19.1 Å². The molecule has 1 N–H and O–H groups in total. The lowest BCUT2D eigenvalue weighted by Gasteiger charge is -2.27. The van der Waals surface area contributed by atoms with Gasteiger partial charge in [0.1, 0.15) is 11.5 Å². The maximum absolute atomic E-state index is 12.6. The molecule has 3 aromatic rings. The summed E-state index contributed by atoms with van der Waals surface area (Å²) < 4.78 is 10.5. The summed E-state index contributed by atoms with van der Waals surface area (Å²) >= 11 is 0. The minimum absolute atomic E-state index is 0.0639. The third-order valence-electron chi connectivity index (χ3n) is 4.54. The molecular weight excluding hydrogens is 306 g/mol. The molecule has 2 aromatic heterocycles. The van der Waals surface area contributed by atoms with Gasteiger partial charge in [-0.2, -0.15) is 0 Å². The molecule has 0 radical (unpaired) electrons. The molecule has 0 unspecified atom stereocenters. The first-order chi connectivity index (χ1) is 11.6. The van der Waals surface area contributed by atoms with E-state index in [0.29, 0.717) is 18.8 Å². The number of nitrogens with zero attached hydrogens (tertiary/aromatic N) is 2. The highest BCUT2D eigenvalue weighted by Gasteiger charge is 2.25. The second-order valence-electron chi connectivity index (χ2n) is 6.17. The first-order valence-electron chi connectivity index (χ1n) is 8.01. The summed E-state index contributed by atoms with van der Waals surface area (Å²) in [5.74, 6) is 1.50. The number of aromatic amines is 1. The fraction of sp³-hybridized carbons (Fsp3) is 0.333.